The number of halogens is 3. The number of primary amides is 1. The lowest BCUT2D eigenvalue weighted by Crippen LogP contribution is -2.25. The Labute approximate surface area is 123 Å². The van der Waals surface area contributed by atoms with Gasteiger partial charge in [-0.2, -0.15) is 18.3 Å². The van der Waals surface area contributed by atoms with Gasteiger partial charge in [-0.25, -0.2) is 4.68 Å². The third kappa shape index (κ3) is 2.32. The number of hydrogen-bond acceptors (Lipinski definition) is 3. The molecule has 0 spiro atoms. The van der Waals surface area contributed by atoms with Crippen molar-refractivity contribution in [3.63, 3.8) is 0 Å². The molecule has 8 heteroatoms. The van der Waals surface area contributed by atoms with Crippen molar-refractivity contribution >= 4 is 11.7 Å². The van der Waals surface area contributed by atoms with Gasteiger partial charge in [-0.1, -0.05) is 30.3 Å². The molecule has 0 aliphatic carbocycles. The number of carbonyl (C=O) groups excluding carboxylic acids is 1. The first-order valence-electron chi connectivity index (χ1n) is 6.38. The zero-order valence-corrected chi connectivity index (χ0v) is 11.2. The van der Waals surface area contributed by atoms with Gasteiger partial charge >= 0.3 is 6.18 Å². The summed E-state index contributed by atoms with van der Waals surface area (Å²) >= 11 is 0. The van der Waals surface area contributed by atoms with Crippen molar-refractivity contribution in [3.05, 3.63) is 47.8 Å². The molecule has 2 heterocycles. The SMILES string of the molecule is NC(=O)C1=CCn2nc(C(F)(F)F)c(-c3ccccc3)c2N1. The maximum atomic E-state index is 13.3. The van der Waals surface area contributed by atoms with Gasteiger partial charge in [0, 0.05) is 0 Å². The average molecular weight is 308 g/mol. The number of allylic oxidation sites excluding steroid dienone is 1. The molecule has 0 radical (unpaired) electrons. The molecule has 1 aliphatic rings. The average Bonchev–Trinajstić information content (AvgIpc) is 2.86. The Morgan fingerprint density at radius 2 is 1.95 bits per heavy atom. The van der Waals surface area contributed by atoms with Gasteiger partial charge < -0.3 is 11.1 Å². The van der Waals surface area contributed by atoms with Crippen LogP contribution >= 0.6 is 0 Å². The summed E-state index contributed by atoms with van der Waals surface area (Å²) in [5, 5.41) is 6.27. The minimum Gasteiger partial charge on any atom is -0.364 e. The fourth-order valence-corrected chi connectivity index (χ4v) is 2.32. The molecule has 1 aromatic heterocycles. The molecule has 0 unspecified atom stereocenters. The van der Waals surface area contributed by atoms with Gasteiger partial charge in [0.1, 0.15) is 11.5 Å². The lowest BCUT2D eigenvalue weighted by Gasteiger charge is -2.17. The van der Waals surface area contributed by atoms with E-state index in [1.165, 1.54) is 6.08 Å². The monoisotopic (exact) mass is 308 g/mol. The van der Waals surface area contributed by atoms with E-state index < -0.39 is 17.8 Å². The molecule has 22 heavy (non-hydrogen) atoms. The summed E-state index contributed by atoms with van der Waals surface area (Å²) in [5.74, 6) is -0.630. The van der Waals surface area contributed by atoms with Gasteiger partial charge in [-0.3, -0.25) is 4.79 Å². The van der Waals surface area contributed by atoms with Crippen molar-refractivity contribution in [1.82, 2.24) is 9.78 Å². The lowest BCUT2D eigenvalue weighted by molar-refractivity contribution is -0.141. The van der Waals surface area contributed by atoms with E-state index in [2.05, 4.69) is 10.4 Å². The number of nitrogens with zero attached hydrogens (tertiary/aromatic N) is 2. The highest BCUT2D eigenvalue weighted by Gasteiger charge is 2.40. The van der Waals surface area contributed by atoms with Crippen molar-refractivity contribution in [2.45, 2.75) is 12.7 Å². The first-order valence-corrected chi connectivity index (χ1v) is 6.38. The van der Waals surface area contributed by atoms with E-state index in [0.29, 0.717) is 5.56 Å². The number of nitrogens with one attached hydrogen (secondary N) is 1. The molecule has 1 aliphatic heterocycles. The van der Waals surface area contributed by atoms with Gasteiger partial charge in [0.2, 0.25) is 0 Å². The second-order valence-electron chi connectivity index (χ2n) is 4.73. The number of anilines is 1. The first-order chi connectivity index (χ1) is 10.4. The summed E-state index contributed by atoms with van der Waals surface area (Å²) in [6, 6.07) is 8.07. The zero-order chi connectivity index (χ0) is 15.9. The maximum absolute atomic E-state index is 13.3. The van der Waals surface area contributed by atoms with Crippen molar-refractivity contribution in [1.29, 1.82) is 0 Å². The van der Waals surface area contributed by atoms with Crippen LogP contribution in [0.3, 0.4) is 0 Å². The molecule has 114 valence electrons. The standard InChI is InChI=1S/C14H11F3N4O/c15-14(16,17)11-10(8-4-2-1-3-5-8)13-19-9(12(18)22)6-7-21(13)20-11/h1-6,19H,7H2,(H2,18,22). The lowest BCUT2D eigenvalue weighted by atomic mass is 10.0. The Morgan fingerprint density at radius 3 is 2.55 bits per heavy atom. The second kappa shape index (κ2) is 4.90. The fraction of sp³-hybridized carbons (Fsp3) is 0.143. The minimum atomic E-state index is -4.61. The largest absolute Gasteiger partial charge is 0.435 e. The normalized spacial score (nSPS) is 14.0. The molecule has 1 amide bonds. The van der Waals surface area contributed by atoms with Crippen LogP contribution in [0.2, 0.25) is 0 Å². The molecule has 0 saturated heterocycles. The van der Waals surface area contributed by atoms with Crippen LogP contribution in [0.15, 0.2) is 42.1 Å². The topological polar surface area (TPSA) is 72.9 Å². The molecule has 3 rings (SSSR count). The van der Waals surface area contributed by atoms with Crippen LogP contribution in [0.1, 0.15) is 5.69 Å². The van der Waals surface area contributed by atoms with Crippen molar-refractivity contribution in [3.8, 4) is 11.1 Å². The molecule has 3 N–H and O–H groups in total. The second-order valence-corrected chi connectivity index (χ2v) is 4.73. The van der Waals surface area contributed by atoms with E-state index in [1.54, 1.807) is 30.3 Å². The Morgan fingerprint density at radius 1 is 1.27 bits per heavy atom. The fourth-order valence-electron chi connectivity index (χ4n) is 2.32. The zero-order valence-electron chi connectivity index (χ0n) is 11.2. The molecule has 1 aromatic carbocycles. The highest BCUT2D eigenvalue weighted by molar-refractivity contribution is 5.96. The van der Waals surface area contributed by atoms with E-state index in [0.717, 1.165) is 4.68 Å². The van der Waals surface area contributed by atoms with Crippen LogP contribution < -0.4 is 11.1 Å². The quantitative estimate of drug-likeness (QED) is 0.894. The Hall–Kier alpha value is -2.77. The molecular formula is C14H11F3N4O. The molecule has 0 atom stereocenters. The highest BCUT2D eigenvalue weighted by atomic mass is 19.4. The van der Waals surface area contributed by atoms with E-state index in [4.69, 9.17) is 5.73 Å². The predicted molar refractivity (Wildman–Crippen MR) is 73.6 cm³/mol. The number of benzene rings is 1. The highest BCUT2D eigenvalue weighted by Crippen LogP contribution is 2.41. The van der Waals surface area contributed by atoms with Crippen LogP contribution in [0.25, 0.3) is 11.1 Å². The van der Waals surface area contributed by atoms with Gasteiger partial charge in [0.25, 0.3) is 5.91 Å². The van der Waals surface area contributed by atoms with Gasteiger partial charge in [0.05, 0.1) is 12.1 Å². The number of carbonyl (C=O) groups is 1. The Bertz CT molecular complexity index is 762. The minimum absolute atomic E-state index is 0.0382. The third-order valence-corrected chi connectivity index (χ3v) is 3.27. The summed E-state index contributed by atoms with van der Waals surface area (Å²) in [5.41, 5.74) is 4.50. The van der Waals surface area contributed by atoms with Gasteiger partial charge in [-0.15, -0.1) is 0 Å². The summed E-state index contributed by atoms with van der Waals surface area (Å²) in [4.78, 5) is 11.3. The van der Waals surface area contributed by atoms with Crippen LogP contribution in [-0.2, 0) is 17.5 Å². The Kier molecular flexibility index (Phi) is 3.16. The molecule has 0 saturated carbocycles. The van der Waals surface area contributed by atoms with Gasteiger partial charge in [0.15, 0.2) is 5.69 Å². The third-order valence-electron chi connectivity index (χ3n) is 3.27. The van der Waals surface area contributed by atoms with Crippen molar-refractivity contribution in [2.75, 3.05) is 5.32 Å². The number of hydrogen-bond donors (Lipinski definition) is 2. The van der Waals surface area contributed by atoms with E-state index in [-0.39, 0.29) is 23.6 Å². The molecule has 0 bridgehead atoms. The van der Waals surface area contributed by atoms with Crippen LogP contribution in [-0.4, -0.2) is 15.7 Å². The maximum Gasteiger partial charge on any atom is 0.435 e. The van der Waals surface area contributed by atoms with E-state index in [1.807, 2.05) is 0 Å². The molecule has 2 aromatic rings. The Balaban J connectivity index is 2.20. The summed E-state index contributed by atoms with van der Waals surface area (Å²) in [6.45, 7) is 0.0382. The van der Waals surface area contributed by atoms with Crippen LogP contribution in [0, 0.1) is 0 Å². The van der Waals surface area contributed by atoms with Gasteiger partial charge in [-0.05, 0) is 11.6 Å². The summed E-state index contributed by atoms with van der Waals surface area (Å²) < 4.78 is 41.0. The predicted octanol–water partition coefficient (Wildman–Crippen LogP) is 2.36. The molecular weight excluding hydrogens is 297 g/mol. The van der Waals surface area contributed by atoms with Crippen molar-refractivity contribution < 1.29 is 18.0 Å². The number of alkyl halides is 3. The van der Waals surface area contributed by atoms with Crippen LogP contribution in [0.4, 0.5) is 19.0 Å². The molecule has 5 nitrogen and oxygen atoms in total. The number of fused-ring (bicyclic) bond motifs is 1. The van der Waals surface area contributed by atoms with E-state index >= 15 is 0 Å². The number of rotatable bonds is 2. The van der Waals surface area contributed by atoms with Crippen molar-refractivity contribution in [2.24, 2.45) is 5.73 Å². The summed E-state index contributed by atoms with van der Waals surface area (Å²) in [6.07, 6.45) is -3.21. The number of nitrogens with two attached hydrogens (primary N) is 1. The smallest absolute Gasteiger partial charge is 0.364 e. The first kappa shape index (κ1) is 14.2. The summed E-state index contributed by atoms with van der Waals surface area (Å²) in [7, 11) is 0. The molecule has 0 fully saturated rings. The number of amides is 1. The van der Waals surface area contributed by atoms with E-state index in [9.17, 15) is 18.0 Å². The van der Waals surface area contributed by atoms with Crippen LogP contribution in [0.5, 0.6) is 0 Å². The number of aromatic nitrogens is 2.